The van der Waals surface area contributed by atoms with Crippen molar-refractivity contribution in [2.75, 3.05) is 0 Å². The van der Waals surface area contributed by atoms with Gasteiger partial charge in [-0.25, -0.2) is 4.79 Å². The number of H-pyrrole nitrogens is 1. The monoisotopic (exact) mass is 223 g/mol. The van der Waals surface area contributed by atoms with Crippen LogP contribution in [0.25, 0.3) is 10.9 Å². The highest BCUT2D eigenvalue weighted by molar-refractivity contribution is 6.31. The van der Waals surface area contributed by atoms with Crippen LogP contribution >= 0.6 is 11.6 Å². The topological polar surface area (TPSA) is 53.1 Å². The minimum absolute atomic E-state index is 0.232. The van der Waals surface area contributed by atoms with E-state index in [0.29, 0.717) is 5.02 Å². The highest BCUT2D eigenvalue weighted by Crippen LogP contribution is 2.27. The van der Waals surface area contributed by atoms with Crippen LogP contribution in [-0.4, -0.2) is 16.1 Å². The molecule has 1 aromatic carbocycles. The molecule has 0 unspecified atom stereocenters. The number of aromatic amines is 1. The lowest BCUT2D eigenvalue weighted by molar-refractivity contribution is 0.0691. The van der Waals surface area contributed by atoms with Gasteiger partial charge in [-0.05, 0) is 37.1 Å². The molecule has 0 bridgehead atoms. The molecule has 0 radical (unpaired) electrons. The molecule has 4 heteroatoms. The van der Waals surface area contributed by atoms with Crippen molar-refractivity contribution < 1.29 is 9.90 Å². The number of benzene rings is 1. The molecule has 0 aliphatic rings. The molecule has 1 heterocycles. The molecule has 0 aliphatic carbocycles. The Morgan fingerprint density at radius 3 is 2.67 bits per heavy atom. The maximum atomic E-state index is 10.9. The smallest absolute Gasteiger partial charge is 0.352 e. The van der Waals surface area contributed by atoms with Crippen LogP contribution in [0.1, 0.15) is 21.6 Å². The third kappa shape index (κ3) is 1.49. The number of carboxylic acids is 1. The lowest BCUT2D eigenvalue weighted by atomic mass is 10.1. The summed E-state index contributed by atoms with van der Waals surface area (Å²) in [5.74, 6) is -0.945. The zero-order valence-electron chi connectivity index (χ0n) is 8.39. The summed E-state index contributed by atoms with van der Waals surface area (Å²) in [6, 6.07) is 3.59. The molecule has 15 heavy (non-hydrogen) atoms. The van der Waals surface area contributed by atoms with Crippen molar-refractivity contribution >= 4 is 28.5 Å². The van der Waals surface area contributed by atoms with E-state index in [2.05, 4.69) is 4.98 Å². The first-order valence-corrected chi connectivity index (χ1v) is 4.90. The van der Waals surface area contributed by atoms with Crippen molar-refractivity contribution in [3.05, 3.63) is 34.0 Å². The van der Waals surface area contributed by atoms with E-state index in [0.717, 1.165) is 22.0 Å². The number of aromatic carboxylic acids is 1. The van der Waals surface area contributed by atoms with Crippen LogP contribution < -0.4 is 0 Å². The molecule has 78 valence electrons. The second kappa shape index (κ2) is 3.28. The molecule has 3 nitrogen and oxygen atoms in total. The first-order chi connectivity index (χ1) is 7.00. The summed E-state index contributed by atoms with van der Waals surface area (Å²) >= 11 is 5.92. The van der Waals surface area contributed by atoms with E-state index < -0.39 is 5.97 Å². The van der Waals surface area contributed by atoms with Gasteiger partial charge in [-0.15, -0.1) is 0 Å². The Labute approximate surface area is 91.7 Å². The summed E-state index contributed by atoms with van der Waals surface area (Å²) in [5, 5.41) is 10.5. The molecule has 0 amide bonds. The van der Waals surface area contributed by atoms with Gasteiger partial charge in [0, 0.05) is 15.9 Å². The molecular weight excluding hydrogens is 214 g/mol. The van der Waals surface area contributed by atoms with Crippen molar-refractivity contribution in [3.8, 4) is 0 Å². The predicted octanol–water partition coefficient (Wildman–Crippen LogP) is 3.14. The number of halogens is 1. The number of nitrogens with one attached hydrogen (secondary N) is 1. The van der Waals surface area contributed by atoms with E-state index in [1.165, 1.54) is 0 Å². The fourth-order valence-electron chi connectivity index (χ4n) is 1.77. The minimum atomic E-state index is -0.945. The van der Waals surface area contributed by atoms with Gasteiger partial charge >= 0.3 is 5.97 Å². The average Bonchev–Trinajstić information content (AvgIpc) is 2.44. The molecule has 0 aliphatic heterocycles. The number of carboxylic acid groups (broad SMARTS) is 1. The Hall–Kier alpha value is -1.48. The van der Waals surface area contributed by atoms with Crippen molar-refractivity contribution in [1.82, 2.24) is 4.98 Å². The van der Waals surface area contributed by atoms with Gasteiger partial charge in [0.2, 0.25) is 0 Å². The van der Waals surface area contributed by atoms with Crippen LogP contribution in [0.4, 0.5) is 0 Å². The summed E-state index contributed by atoms with van der Waals surface area (Å²) in [4.78, 5) is 13.8. The standard InChI is InChI=1S/C11H10ClNO2/c1-5-3-7(12)4-8-6(2)10(11(14)15)13-9(5)8/h3-4,13H,1-2H3,(H,14,15). The van der Waals surface area contributed by atoms with E-state index >= 15 is 0 Å². The van der Waals surface area contributed by atoms with Crippen molar-refractivity contribution in [3.63, 3.8) is 0 Å². The van der Waals surface area contributed by atoms with Crippen LogP contribution in [-0.2, 0) is 0 Å². The predicted molar refractivity (Wildman–Crippen MR) is 59.7 cm³/mol. The summed E-state index contributed by atoms with van der Waals surface area (Å²) in [7, 11) is 0. The van der Waals surface area contributed by atoms with E-state index in [1.807, 2.05) is 13.0 Å². The second-order valence-corrected chi connectivity index (χ2v) is 4.01. The van der Waals surface area contributed by atoms with E-state index in [4.69, 9.17) is 16.7 Å². The molecule has 0 atom stereocenters. The zero-order valence-corrected chi connectivity index (χ0v) is 9.14. The quantitative estimate of drug-likeness (QED) is 0.780. The fraction of sp³-hybridized carbons (Fsp3) is 0.182. The highest BCUT2D eigenvalue weighted by Gasteiger charge is 2.14. The third-order valence-electron chi connectivity index (χ3n) is 2.54. The minimum Gasteiger partial charge on any atom is -0.477 e. The number of fused-ring (bicyclic) bond motifs is 1. The molecule has 0 spiro atoms. The molecule has 2 aromatic rings. The molecule has 2 rings (SSSR count). The molecule has 0 saturated heterocycles. The molecule has 1 aromatic heterocycles. The Morgan fingerprint density at radius 2 is 2.07 bits per heavy atom. The van der Waals surface area contributed by atoms with E-state index in [-0.39, 0.29) is 5.69 Å². The SMILES string of the molecule is Cc1c(C(=O)O)[nH]c2c(C)cc(Cl)cc12. The van der Waals surface area contributed by atoms with Gasteiger partial charge in [0.1, 0.15) is 5.69 Å². The van der Waals surface area contributed by atoms with Gasteiger partial charge in [0.15, 0.2) is 0 Å². The lowest BCUT2D eigenvalue weighted by Gasteiger charge is -1.97. The van der Waals surface area contributed by atoms with Crippen molar-refractivity contribution in [1.29, 1.82) is 0 Å². The van der Waals surface area contributed by atoms with Crippen LogP contribution in [0, 0.1) is 13.8 Å². The van der Waals surface area contributed by atoms with Gasteiger partial charge in [0.25, 0.3) is 0 Å². The summed E-state index contributed by atoms with van der Waals surface area (Å²) in [6.45, 7) is 3.67. The second-order valence-electron chi connectivity index (χ2n) is 3.58. The maximum Gasteiger partial charge on any atom is 0.352 e. The van der Waals surface area contributed by atoms with Crippen molar-refractivity contribution in [2.24, 2.45) is 0 Å². The van der Waals surface area contributed by atoms with Crippen LogP contribution in [0.2, 0.25) is 5.02 Å². The molecule has 2 N–H and O–H groups in total. The normalized spacial score (nSPS) is 10.9. The zero-order chi connectivity index (χ0) is 11.2. The van der Waals surface area contributed by atoms with Crippen molar-refractivity contribution in [2.45, 2.75) is 13.8 Å². The Bertz CT molecular complexity index is 557. The summed E-state index contributed by atoms with van der Waals surface area (Å²) < 4.78 is 0. The van der Waals surface area contributed by atoms with Gasteiger partial charge in [-0.1, -0.05) is 11.6 Å². The van der Waals surface area contributed by atoms with Gasteiger partial charge in [-0.2, -0.15) is 0 Å². The average molecular weight is 224 g/mol. The van der Waals surface area contributed by atoms with Gasteiger partial charge in [0.05, 0.1) is 0 Å². The Morgan fingerprint density at radius 1 is 1.40 bits per heavy atom. The van der Waals surface area contributed by atoms with Crippen LogP contribution in [0.15, 0.2) is 12.1 Å². The maximum absolute atomic E-state index is 10.9. The van der Waals surface area contributed by atoms with E-state index in [1.54, 1.807) is 13.0 Å². The van der Waals surface area contributed by atoms with Crippen LogP contribution in [0.3, 0.4) is 0 Å². The first-order valence-electron chi connectivity index (χ1n) is 4.52. The number of hydrogen-bond acceptors (Lipinski definition) is 1. The fourth-order valence-corrected chi connectivity index (χ4v) is 2.04. The summed E-state index contributed by atoms with van der Waals surface area (Å²) in [6.07, 6.45) is 0. The van der Waals surface area contributed by atoms with Gasteiger partial charge < -0.3 is 10.1 Å². The van der Waals surface area contributed by atoms with Crippen LogP contribution in [0.5, 0.6) is 0 Å². The molecule has 0 saturated carbocycles. The Balaban J connectivity index is 2.88. The molecular formula is C11H10ClNO2. The number of aryl methyl sites for hydroxylation is 2. The number of carbonyl (C=O) groups is 1. The van der Waals surface area contributed by atoms with Gasteiger partial charge in [-0.3, -0.25) is 0 Å². The molecule has 0 fully saturated rings. The largest absolute Gasteiger partial charge is 0.477 e. The highest BCUT2D eigenvalue weighted by atomic mass is 35.5. The lowest BCUT2D eigenvalue weighted by Crippen LogP contribution is -1.98. The Kier molecular flexibility index (Phi) is 2.20. The summed E-state index contributed by atoms with van der Waals surface area (Å²) in [5.41, 5.74) is 2.75. The third-order valence-corrected chi connectivity index (χ3v) is 2.76. The number of aromatic nitrogens is 1. The number of hydrogen-bond donors (Lipinski definition) is 2. The first kappa shape index (κ1) is 10.1. The van der Waals surface area contributed by atoms with E-state index in [9.17, 15) is 4.79 Å². The number of rotatable bonds is 1.